The fourth-order valence-corrected chi connectivity index (χ4v) is 6.42. The van der Waals surface area contributed by atoms with Gasteiger partial charge in [0.05, 0.1) is 18.6 Å². The summed E-state index contributed by atoms with van der Waals surface area (Å²) >= 11 is 0. The van der Waals surface area contributed by atoms with E-state index in [1.54, 1.807) is 0 Å². The van der Waals surface area contributed by atoms with Crippen molar-refractivity contribution in [3.05, 3.63) is 132 Å². The molecule has 1 amide bonds. The number of likely N-dealkylation sites (tertiary alicyclic amines) is 2. The highest BCUT2D eigenvalue weighted by Crippen LogP contribution is 2.22. The van der Waals surface area contributed by atoms with Gasteiger partial charge in [0.25, 0.3) is 0 Å². The highest BCUT2D eigenvalue weighted by atomic mass is 16.3. The first kappa shape index (κ1) is 36.6. The Bertz CT molecular complexity index is 1490. The van der Waals surface area contributed by atoms with Gasteiger partial charge in [-0.05, 0) is 74.5 Å². The van der Waals surface area contributed by atoms with Gasteiger partial charge in [-0.2, -0.15) is 0 Å². The number of nitrogens with one attached hydrogen (secondary N) is 2. The number of nitrogens with zero attached hydrogens (tertiary/aromatic N) is 2. The van der Waals surface area contributed by atoms with Crippen LogP contribution in [0.1, 0.15) is 47.7 Å². The Morgan fingerprint density at radius 1 is 0.708 bits per heavy atom. The molecule has 3 radical (unpaired) electrons. The smallest absolute Gasteiger partial charge is 0.228 e. The number of β-amino-alcohol motifs (C(OH)–C–C–N with tert-alkyl or cyclic N) is 1. The number of hydrogen-bond acceptors (Lipinski definition) is 6. The Kier molecular flexibility index (Phi) is 14.9. The number of Topliss-reactive ketones (excluding diaryl/α,β-unsaturated/α-hetero) is 1. The van der Waals surface area contributed by atoms with Crippen molar-refractivity contribution in [1.29, 1.82) is 0 Å². The van der Waals surface area contributed by atoms with Gasteiger partial charge < -0.3 is 20.6 Å². The fourth-order valence-electron chi connectivity index (χ4n) is 6.42. The molecular formula is C40H48BN4O3. The molecule has 0 saturated carbocycles. The van der Waals surface area contributed by atoms with Gasteiger partial charge in [0.15, 0.2) is 5.78 Å². The number of carbonyl (C=O) groups is 2. The number of carbonyl (C=O) groups excluding carboxylic acids is 2. The van der Waals surface area contributed by atoms with E-state index in [0.29, 0.717) is 19.0 Å². The molecule has 2 aliphatic heterocycles. The van der Waals surface area contributed by atoms with Crippen LogP contribution in [-0.2, 0) is 4.79 Å². The third kappa shape index (κ3) is 11.8. The Morgan fingerprint density at radius 2 is 1.27 bits per heavy atom. The molecule has 249 valence electrons. The van der Waals surface area contributed by atoms with E-state index in [1.165, 1.54) is 18.5 Å². The molecular weight excluding hydrogens is 595 g/mol. The van der Waals surface area contributed by atoms with E-state index in [9.17, 15) is 14.7 Å². The number of para-hydroxylation sites is 2. The molecule has 3 unspecified atom stereocenters. The number of aliphatic hydroxyl groups excluding tert-OH is 1. The molecule has 3 atom stereocenters. The number of rotatable bonds is 11. The fraction of sp³-hybridized carbons (Fsp3) is 0.350. The van der Waals surface area contributed by atoms with Crippen LogP contribution >= 0.6 is 0 Å². The van der Waals surface area contributed by atoms with Crippen LogP contribution in [0.15, 0.2) is 121 Å². The van der Waals surface area contributed by atoms with Crippen LogP contribution in [0.3, 0.4) is 0 Å². The Hall–Kier alpha value is -4.24. The lowest BCUT2D eigenvalue weighted by atomic mass is 9.96. The number of ketones is 1. The molecule has 0 aromatic heterocycles. The van der Waals surface area contributed by atoms with Crippen molar-refractivity contribution in [2.45, 2.75) is 31.8 Å². The Labute approximate surface area is 287 Å². The summed E-state index contributed by atoms with van der Waals surface area (Å²) in [6.07, 6.45) is 3.89. The third-order valence-electron chi connectivity index (χ3n) is 8.97. The first-order chi connectivity index (χ1) is 23.0. The van der Waals surface area contributed by atoms with Gasteiger partial charge in [0.1, 0.15) is 0 Å². The summed E-state index contributed by atoms with van der Waals surface area (Å²) < 4.78 is 0. The molecule has 8 heteroatoms. The van der Waals surface area contributed by atoms with E-state index in [2.05, 4.69) is 44.7 Å². The average Bonchev–Trinajstić information content (AvgIpc) is 3.13. The van der Waals surface area contributed by atoms with Crippen molar-refractivity contribution in [2.24, 2.45) is 11.8 Å². The number of benzene rings is 4. The van der Waals surface area contributed by atoms with Crippen LogP contribution in [0.2, 0.25) is 0 Å². The first-order valence-electron chi connectivity index (χ1n) is 16.9. The van der Waals surface area contributed by atoms with Crippen LogP contribution in [0.4, 0.5) is 11.4 Å². The molecule has 6 rings (SSSR count). The van der Waals surface area contributed by atoms with Crippen LogP contribution in [-0.4, -0.2) is 80.8 Å². The normalized spacial score (nSPS) is 18.7. The van der Waals surface area contributed by atoms with E-state index in [-0.39, 0.29) is 26.0 Å². The molecule has 48 heavy (non-hydrogen) atoms. The molecule has 3 N–H and O–H groups in total. The summed E-state index contributed by atoms with van der Waals surface area (Å²) in [5.41, 5.74) is 3.75. The van der Waals surface area contributed by atoms with Crippen LogP contribution in [0, 0.1) is 11.8 Å². The second kappa shape index (κ2) is 19.6. The van der Waals surface area contributed by atoms with Gasteiger partial charge in [0.2, 0.25) is 5.91 Å². The lowest BCUT2D eigenvalue weighted by Crippen LogP contribution is -2.42. The zero-order valence-electron chi connectivity index (χ0n) is 27.8. The van der Waals surface area contributed by atoms with Crippen molar-refractivity contribution in [3.8, 4) is 0 Å². The van der Waals surface area contributed by atoms with Gasteiger partial charge in [-0.3, -0.25) is 14.5 Å². The summed E-state index contributed by atoms with van der Waals surface area (Å²) in [5, 5.41) is 16.9. The second-order valence-electron chi connectivity index (χ2n) is 12.7. The SMILES string of the molecule is O=C(CN1CCCC(C(=O)Nc2ccccc2)C1)c1ccccc1.OC(CN1CCCC(CNc2ccccc2)C1)c1ccccc1.[B]. The Balaban J connectivity index is 0.000000212. The molecule has 0 spiro atoms. The molecule has 4 aromatic carbocycles. The number of aliphatic hydroxyl groups is 1. The van der Waals surface area contributed by atoms with Gasteiger partial charge >= 0.3 is 0 Å². The van der Waals surface area contributed by atoms with E-state index in [0.717, 1.165) is 62.4 Å². The highest BCUT2D eigenvalue weighted by Gasteiger charge is 2.27. The zero-order valence-corrected chi connectivity index (χ0v) is 27.8. The minimum atomic E-state index is -0.392. The largest absolute Gasteiger partial charge is 0.387 e. The minimum absolute atomic E-state index is 0. The van der Waals surface area contributed by atoms with Gasteiger partial charge in [-0.1, -0.05) is 97.1 Å². The summed E-state index contributed by atoms with van der Waals surface area (Å²) in [5.74, 6) is 0.729. The maximum atomic E-state index is 12.4. The maximum absolute atomic E-state index is 12.4. The molecule has 4 aromatic rings. The quantitative estimate of drug-likeness (QED) is 0.130. The van der Waals surface area contributed by atoms with Crippen molar-refractivity contribution in [2.75, 3.05) is 56.4 Å². The van der Waals surface area contributed by atoms with Gasteiger partial charge in [0, 0.05) is 51.5 Å². The molecule has 0 bridgehead atoms. The average molecular weight is 644 g/mol. The maximum Gasteiger partial charge on any atom is 0.228 e. The van der Waals surface area contributed by atoms with Crippen molar-refractivity contribution >= 4 is 31.5 Å². The van der Waals surface area contributed by atoms with E-state index in [1.807, 2.05) is 97.1 Å². The van der Waals surface area contributed by atoms with Crippen molar-refractivity contribution < 1.29 is 14.7 Å². The number of anilines is 2. The van der Waals surface area contributed by atoms with Crippen molar-refractivity contribution in [3.63, 3.8) is 0 Å². The lowest BCUT2D eigenvalue weighted by Gasteiger charge is -2.34. The monoisotopic (exact) mass is 643 g/mol. The number of amides is 1. The van der Waals surface area contributed by atoms with Crippen LogP contribution < -0.4 is 10.6 Å². The summed E-state index contributed by atoms with van der Waals surface area (Å²) in [6.45, 7) is 5.76. The molecule has 7 nitrogen and oxygen atoms in total. The van der Waals surface area contributed by atoms with E-state index >= 15 is 0 Å². The van der Waals surface area contributed by atoms with Gasteiger partial charge in [-0.15, -0.1) is 0 Å². The summed E-state index contributed by atoms with van der Waals surface area (Å²) in [7, 11) is 0. The van der Waals surface area contributed by atoms with Crippen LogP contribution in [0.5, 0.6) is 0 Å². The third-order valence-corrected chi connectivity index (χ3v) is 8.97. The Morgan fingerprint density at radius 3 is 1.94 bits per heavy atom. The first-order valence-corrected chi connectivity index (χ1v) is 16.9. The molecule has 2 fully saturated rings. The molecule has 2 aliphatic rings. The summed E-state index contributed by atoms with van der Waals surface area (Å²) in [6, 6.07) is 39.2. The van der Waals surface area contributed by atoms with E-state index in [4.69, 9.17) is 0 Å². The van der Waals surface area contributed by atoms with E-state index < -0.39 is 6.10 Å². The van der Waals surface area contributed by atoms with Crippen molar-refractivity contribution in [1.82, 2.24) is 9.80 Å². The zero-order chi connectivity index (χ0) is 32.7. The highest BCUT2D eigenvalue weighted by molar-refractivity contribution is 5.97. The molecule has 2 saturated heterocycles. The standard InChI is InChI=1S/C20H22N2O2.C20H26N2O.B/c23-19(16-8-3-1-4-9-16)15-22-13-7-10-17(14-22)20(24)21-18-11-5-2-6-12-18;23-20(18-9-3-1-4-10-18)16-22-13-7-8-17(15-22)14-21-19-11-5-2-6-12-19;/h1-6,8-9,11-12,17H,7,10,13-15H2,(H,21,24);1-6,9-12,17,20-21,23H,7-8,13-16H2;. The topological polar surface area (TPSA) is 84.9 Å². The lowest BCUT2D eigenvalue weighted by molar-refractivity contribution is -0.121. The predicted molar refractivity (Wildman–Crippen MR) is 196 cm³/mol. The summed E-state index contributed by atoms with van der Waals surface area (Å²) in [4.78, 5) is 29.3. The second-order valence-corrected chi connectivity index (χ2v) is 12.7. The number of piperidine rings is 2. The molecule has 2 heterocycles. The van der Waals surface area contributed by atoms with Gasteiger partial charge in [-0.25, -0.2) is 0 Å². The minimum Gasteiger partial charge on any atom is -0.387 e. The molecule has 0 aliphatic carbocycles. The number of hydrogen-bond donors (Lipinski definition) is 3. The predicted octanol–water partition coefficient (Wildman–Crippen LogP) is 6.38. The van der Waals surface area contributed by atoms with Crippen LogP contribution in [0.25, 0.3) is 0 Å².